The second-order valence-electron chi connectivity index (χ2n) is 9.93. The Morgan fingerprint density at radius 1 is 1.28 bits per heavy atom. The summed E-state index contributed by atoms with van der Waals surface area (Å²) in [7, 11) is 0. The molecule has 2 aromatic rings. The van der Waals surface area contributed by atoms with Crippen molar-refractivity contribution >= 4 is 12.0 Å². The molecule has 1 amide bonds. The van der Waals surface area contributed by atoms with E-state index < -0.39 is 5.60 Å². The molecule has 4 rings (SSSR count). The Labute approximate surface area is 212 Å². The van der Waals surface area contributed by atoms with Crippen molar-refractivity contribution in [3.63, 3.8) is 0 Å². The third kappa shape index (κ3) is 6.70. The van der Waals surface area contributed by atoms with Gasteiger partial charge in [0.15, 0.2) is 0 Å². The lowest BCUT2D eigenvalue weighted by Crippen LogP contribution is -2.49. The topological polar surface area (TPSA) is 105 Å². The number of nitrogens with two attached hydrogens (primary N) is 1. The van der Waals surface area contributed by atoms with E-state index in [4.69, 9.17) is 12.2 Å². The molecule has 0 bridgehead atoms. The molecule has 2 aliphatic rings. The minimum absolute atomic E-state index is 0.0188. The summed E-state index contributed by atoms with van der Waals surface area (Å²) in [4.78, 5) is 33.9. The van der Waals surface area contributed by atoms with Crippen LogP contribution in [-0.2, 0) is 11.3 Å². The Morgan fingerprint density at radius 3 is 2.67 bits per heavy atom. The number of amides is 1. The highest BCUT2D eigenvalue weighted by atomic mass is 16.3. The minimum atomic E-state index is -1.07. The smallest absolute Gasteiger partial charge is 0.253 e. The molecule has 3 heterocycles. The van der Waals surface area contributed by atoms with Crippen LogP contribution in [-0.4, -0.2) is 74.7 Å². The van der Waals surface area contributed by atoms with E-state index in [1.807, 2.05) is 42.5 Å². The average Bonchev–Trinajstić information content (AvgIpc) is 3.29. The molecule has 2 atom stereocenters. The fourth-order valence-corrected chi connectivity index (χ4v) is 4.91. The molecule has 0 aliphatic carbocycles. The van der Waals surface area contributed by atoms with E-state index in [-0.39, 0.29) is 36.4 Å². The molecule has 36 heavy (non-hydrogen) atoms. The molecule has 1 aromatic carbocycles. The quantitative estimate of drug-likeness (QED) is 0.544. The van der Waals surface area contributed by atoms with Crippen LogP contribution >= 0.6 is 0 Å². The molecule has 0 unspecified atom stereocenters. The monoisotopic (exact) mass is 489 g/mol. The van der Waals surface area contributed by atoms with E-state index in [1.54, 1.807) is 4.90 Å². The normalized spacial score (nSPS) is 20.9. The lowest BCUT2D eigenvalue weighted by Gasteiger charge is -2.38. The lowest BCUT2D eigenvalue weighted by atomic mass is 9.90. The Kier molecular flexibility index (Phi) is 8.36. The van der Waals surface area contributed by atoms with Crippen molar-refractivity contribution in [3.8, 4) is 12.3 Å². The van der Waals surface area contributed by atoms with Gasteiger partial charge < -0.3 is 15.7 Å². The van der Waals surface area contributed by atoms with Crippen molar-refractivity contribution < 1.29 is 9.90 Å². The SMILES string of the molecule is C#C[C@H](CC(=O)N1CCC(O)(Cn2cnc(/C=C/CN3CC[C@H](N)C3)cc2=O)CC1)c1ccccc1. The number of nitrogens with zero attached hydrogens (tertiary/aromatic N) is 4. The van der Waals surface area contributed by atoms with Gasteiger partial charge in [-0.1, -0.05) is 42.3 Å². The van der Waals surface area contributed by atoms with Crippen molar-refractivity contribution in [1.82, 2.24) is 19.4 Å². The number of benzene rings is 1. The molecule has 3 N–H and O–H groups in total. The van der Waals surface area contributed by atoms with Crippen LogP contribution in [0, 0.1) is 12.3 Å². The van der Waals surface area contributed by atoms with Gasteiger partial charge in [-0.05, 0) is 30.9 Å². The standard InChI is InChI=1S/C28H35N5O3/c1-2-22(23-7-4-3-5-8-23)17-26(34)32-15-11-28(36,12-16-32)20-33-21-30-25(18-27(33)35)9-6-13-31-14-10-24(29)19-31/h1,3-9,18,21-22,24,36H,10-17,19-20,29H2/b9-6+/t22-,24+/m1/s1. The minimum Gasteiger partial charge on any atom is -0.388 e. The summed E-state index contributed by atoms with van der Waals surface area (Å²) >= 11 is 0. The zero-order valence-electron chi connectivity index (χ0n) is 20.6. The Balaban J connectivity index is 1.28. The molecule has 190 valence electrons. The highest BCUT2D eigenvalue weighted by molar-refractivity contribution is 5.77. The Hall–Kier alpha value is -3.25. The largest absolute Gasteiger partial charge is 0.388 e. The predicted molar refractivity (Wildman–Crippen MR) is 140 cm³/mol. The van der Waals surface area contributed by atoms with E-state index in [2.05, 4.69) is 15.8 Å². The van der Waals surface area contributed by atoms with Crippen molar-refractivity contribution in [1.29, 1.82) is 0 Å². The number of carbonyl (C=O) groups excluding carboxylic acids is 1. The molecule has 2 fully saturated rings. The first-order valence-electron chi connectivity index (χ1n) is 12.6. The van der Waals surface area contributed by atoms with Crippen LogP contribution in [0.1, 0.15) is 42.9 Å². The number of hydrogen-bond acceptors (Lipinski definition) is 6. The van der Waals surface area contributed by atoms with Gasteiger partial charge in [0.05, 0.1) is 30.1 Å². The first-order chi connectivity index (χ1) is 17.3. The fraction of sp³-hybridized carbons (Fsp3) is 0.464. The summed E-state index contributed by atoms with van der Waals surface area (Å²) in [5, 5.41) is 11.1. The van der Waals surface area contributed by atoms with Crippen molar-refractivity contribution in [2.75, 3.05) is 32.7 Å². The lowest BCUT2D eigenvalue weighted by molar-refractivity contribution is -0.136. The third-order valence-corrected chi connectivity index (χ3v) is 7.16. The van der Waals surface area contributed by atoms with E-state index in [0.717, 1.165) is 31.6 Å². The zero-order chi connectivity index (χ0) is 25.5. The van der Waals surface area contributed by atoms with E-state index >= 15 is 0 Å². The van der Waals surface area contributed by atoms with Gasteiger partial charge in [0.1, 0.15) is 0 Å². The maximum Gasteiger partial charge on any atom is 0.253 e. The number of terminal acetylenes is 1. The predicted octanol–water partition coefficient (Wildman–Crippen LogP) is 1.45. The second-order valence-corrected chi connectivity index (χ2v) is 9.93. The van der Waals surface area contributed by atoms with E-state index in [0.29, 0.717) is 31.6 Å². The number of likely N-dealkylation sites (tertiary alicyclic amines) is 2. The Bertz CT molecular complexity index is 1160. The molecule has 8 nitrogen and oxygen atoms in total. The maximum atomic E-state index is 12.9. The number of piperidine rings is 1. The molecular formula is C28H35N5O3. The van der Waals surface area contributed by atoms with Crippen LogP contribution in [0.4, 0.5) is 0 Å². The maximum absolute atomic E-state index is 12.9. The molecule has 1 aromatic heterocycles. The number of rotatable bonds is 8. The van der Waals surface area contributed by atoms with Gasteiger partial charge in [-0.2, -0.15) is 0 Å². The summed E-state index contributed by atoms with van der Waals surface area (Å²) in [5.41, 5.74) is 6.20. The van der Waals surface area contributed by atoms with Gasteiger partial charge in [-0.15, -0.1) is 6.42 Å². The van der Waals surface area contributed by atoms with Crippen LogP contribution in [0.2, 0.25) is 0 Å². The van der Waals surface area contributed by atoms with Gasteiger partial charge in [0.25, 0.3) is 5.56 Å². The van der Waals surface area contributed by atoms with Crippen LogP contribution in [0.5, 0.6) is 0 Å². The van der Waals surface area contributed by atoms with Crippen molar-refractivity contribution in [2.45, 2.75) is 49.8 Å². The van der Waals surface area contributed by atoms with Gasteiger partial charge >= 0.3 is 0 Å². The zero-order valence-corrected chi connectivity index (χ0v) is 20.6. The molecular weight excluding hydrogens is 454 g/mol. The summed E-state index contributed by atoms with van der Waals surface area (Å²) in [5.74, 6) is 2.43. The summed E-state index contributed by atoms with van der Waals surface area (Å²) < 4.78 is 1.44. The first kappa shape index (κ1) is 25.8. The first-order valence-corrected chi connectivity index (χ1v) is 12.6. The Morgan fingerprint density at radius 2 is 2.03 bits per heavy atom. The highest BCUT2D eigenvalue weighted by Crippen LogP contribution is 2.26. The summed E-state index contributed by atoms with van der Waals surface area (Å²) in [6.07, 6.45) is 13.0. The molecule has 0 saturated carbocycles. The third-order valence-electron chi connectivity index (χ3n) is 7.16. The number of aromatic nitrogens is 2. The van der Waals surface area contributed by atoms with Crippen molar-refractivity contribution in [3.05, 3.63) is 70.4 Å². The number of aliphatic hydroxyl groups is 1. The fourth-order valence-electron chi connectivity index (χ4n) is 4.91. The molecule has 2 saturated heterocycles. The summed E-state index contributed by atoms with van der Waals surface area (Å²) in [6, 6.07) is 11.3. The summed E-state index contributed by atoms with van der Waals surface area (Å²) in [6.45, 7) is 3.64. The number of carbonyl (C=O) groups is 1. The second kappa shape index (κ2) is 11.7. The van der Waals surface area contributed by atoms with Crippen LogP contribution in [0.15, 0.2) is 53.6 Å². The van der Waals surface area contributed by atoms with Gasteiger partial charge in [0.2, 0.25) is 5.91 Å². The number of hydrogen-bond donors (Lipinski definition) is 2. The van der Waals surface area contributed by atoms with Crippen LogP contribution in [0.3, 0.4) is 0 Å². The van der Waals surface area contributed by atoms with E-state index in [1.165, 1.54) is 17.0 Å². The van der Waals surface area contributed by atoms with E-state index in [9.17, 15) is 14.7 Å². The van der Waals surface area contributed by atoms with Gasteiger partial charge in [0, 0.05) is 51.3 Å². The molecule has 8 heteroatoms. The van der Waals surface area contributed by atoms with Crippen LogP contribution < -0.4 is 11.3 Å². The molecule has 2 aliphatic heterocycles. The van der Waals surface area contributed by atoms with Crippen LogP contribution in [0.25, 0.3) is 6.08 Å². The van der Waals surface area contributed by atoms with Gasteiger partial charge in [-0.25, -0.2) is 4.98 Å². The molecule has 0 spiro atoms. The van der Waals surface area contributed by atoms with Crippen molar-refractivity contribution in [2.24, 2.45) is 5.73 Å². The van der Waals surface area contributed by atoms with Gasteiger partial charge in [-0.3, -0.25) is 19.1 Å². The average molecular weight is 490 g/mol. The molecule has 0 radical (unpaired) electrons. The highest BCUT2D eigenvalue weighted by Gasteiger charge is 2.35.